The molecule has 1 saturated heterocycles. The quantitative estimate of drug-likeness (QED) is 0.911. The Balaban J connectivity index is 2.13. The summed E-state index contributed by atoms with van der Waals surface area (Å²) in [5, 5.41) is 9.47. The van der Waals surface area contributed by atoms with Crippen LogP contribution < -0.4 is 0 Å². The van der Waals surface area contributed by atoms with Crippen LogP contribution in [0.2, 0.25) is 0 Å². The van der Waals surface area contributed by atoms with Crippen molar-refractivity contribution in [2.24, 2.45) is 7.05 Å². The van der Waals surface area contributed by atoms with Crippen LogP contribution in [0.4, 0.5) is 4.79 Å². The fourth-order valence-corrected chi connectivity index (χ4v) is 2.68. The van der Waals surface area contributed by atoms with E-state index in [1.807, 2.05) is 17.8 Å². The Labute approximate surface area is 124 Å². The van der Waals surface area contributed by atoms with Crippen molar-refractivity contribution in [2.45, 2.75) is 38.3 Å². The highest BCUT2D eigenvalue weighted by Crippen LogP contribution is 2.29. The molecule has 1 aromatic rings. The van der Waals surface area contributed by atoms with Crippen LogP contribution in [0.15, 0.2) is 12.4 Å². The fraction of sp³-hybridized carbons (Fsp3) is 0.643. The lowest BCUT2D eigenvalue weighted by Crippen LogP contribution is -2.60. The summed E-state index contributed by atoms with van der Waals surface area (Å²) >= 11 is 0. The number of carbonyl (C=O) groups is 2. The number of rotatable bonds is 3. The number of aromatic nitrogens is 2. The van der Waals surface area contributed by atoms with E-state index in [1.54, 1.807) is 20.2 Å². The number of hydrogen-bond acceptors (Lipinski definition) is 3. The smallest absolute Gasteiger partial charge is 0.329 e. The van der Waals surface area contributed by atoms with Crippen LogP contribution in [0.25, 0.3) is 0 Å². The average Bonchev–Trinajstić information content (AvgIpc) is 2.84. The number of nitrogens with zero attached hydrogens (tertiary/aromatic N) is 4. The predicted molar refractivity (Wildman–Crippen MR) is 76.7 cm³/mol. The molecule has 1 aliphatic heterocycles. The van der Waals surface area contributed by atoms with E-state index in [0.29, 0.717) is 19.5 Å². The monoisotopic (exact) mass is 294 g/mol. The summed E-state index contributed by atoms with van der Waals surface area (Å²) in [6.45, 7) is 2.46. The molecule has 0 spiro atoms. The van der Waals surface area contributed by atoms with Gasteiger partial charge in [0.25, 0.3) is 0 Å². The molecule has 1 N–H and O–H groups in total. The van der Waals surface area contributed by atoms with Gasteiger partial charge in [0.05, 0.1) is 6.54 Å². The summed E-state index contributed by atoms with van der Waals surface area (Å²) in [4.78, 5) is 31.3. The first-order chi connectivity index (χ1) is 9.86. The second-order valence-corrected chi connectivity index (χ2v) is 5.78. The molecule has 1 atom stereocenters. The lowest BCUT2D eigenvalue weighted by molar-refractivity contribution is -0.150. The number of likely N-dealkylation sites (tertiary alicyclic amines) is 1. The van der Waals surface area contributed by atoms with E-state index in [1.165, 1.54) is 9.80 Å². The van der Waals surface area contributed by atoms with Gasteiger partial charge in [-0.15, -0.1) is 0 Å². The van der Waals surface area contributed by atoms with Crippen molar-refractivity contribution in [3.8, 4) is 0 Å². The molecule has 0 radical (unpaired) electrons. The number of piperidine rings is 1. The Kier molecular flexibility index (Phi) is 4.20. The van der Waals surface area contributed by atoms with Crippen LogP contribution in [0.5, 0.6) is 0 Å². The summed E-state index contributed by atoms with van der Waals surface area (Å²) in [5.74, 6) is -0.180. The Bertz CT molecular complexity index is 542. The van der Waals surface area contributed by atoms with Gasteiger partial charge in [0, 0.05) is 33.0 Å². The highest BCUT2D eigenvalue weighted by atomic mass is 16.4. The molecule has 0 aliphatic carbocycles. The fourth-order valence-electron chi connectivity index (χ4n) is 2.68. The summed E-state index contributed by atoms with van der Waals surface area (Å²) < 4.78 is 1.84. The number of urea groups is 1. The first-order valence-corrected chi connectivity index (χ1v) is 7.08. The molecule has 2 heterocycles. The van der Waals surface area contributed by atoms with Crippen molar-refractivity contribution in [3.63, 3.8) is 0 Å². The van der Waals surface area contributed by atoms with E-state index in [-0.39, 0.29) is 6.03 Å². The van der Waals surface area contributed by atoms with E-state index in [2.05, 4.69) is 4.98 Å². The van der Waals surface area contributed by atoms with Crippen LogP contribution in [-0.2, 0) is 18.4 Å². The van der Waals surface area contributed by atoms with Crippen molar-refractivity contribution in [1.29, 1.82) is 0 Å². The first-order valence-electron chi connectivity index (χ1n) is 7.08. The first kappa shape index (κ1) is 15.3. The maximum Gasteiger partial charge on any atom is 0.329 e. The highest BCUT2D eigenvalue weighted by molar-refractivity contribution is 5.86. The van der Waals surface area contributed by atoms with Crippen LogP contribution in [0.3, 0.4) is 0 Å². The predicted octanol–water partition coefficient (Wildman–Crippen LogP) is 1.30. The third-order valence-corrected chi connectivity index (χ3v) is 4.21. The van der Waals surface area contributed by atoms with E-state index in [0.717, 1.165) is 18.7 Å². The lowest BCUT2D eigenvalue weighted by atomic mass is 9.89. The average molecular weight is 294 g/mol. The third kappa shape index (κ3) is 2.86. The highest BCUT2D eigenvalue weighted by Gasteiger charge is 2.44. The molecule has 0 bridgehead atoms. The molecule has 1 fully saturated rings. The molecule has 7 nitrogen and oxygen atoms in total. The zero-order valence-corrected chi connectivity index (χ0v) is 12.7. The van der Waals surface area contributed by atoms with E-state index < -0.39 is 11.5 Å². The molecule has 21 heavy (non-hydrogen) atoms. The topological polar surface area (TPSA) is 78.7 Å². The van der Waals surface area contributed by atoms with Gasteiger partial charge in [-0.2, -0.15) is 0 Å². The number of aliphatic carboxylic acids is 1. The molecule has 1 unspecified atom stereocenters. The van der Waals surface area contributed by atoms with Crippen LogP contribution in [0.1, 0.15) is 32.0 Å². The molecule has 116 valence electrons. The van der Waals surface area contributed by atoms with Crippen molar-refractivity contribution in [2.75, 3.05) is 13.6 Å². The third-order valence-electron chi connectivity index (χ3n) is 4.21. The lowest BCUT2D eigenvalue weighted by Gasteiger charge is -2.43. The number of amides is 2. The Morgan fingerprint density at radius 2 is 2.19 bits per heavy atom. The minimum Gasteiger partial charge on any atom is -0.480 e. The van der Waals surface area contributed by atoms with Crippen molar-refractivity contribution in [3.05, 3.63) is 18.2 Å². The Morgan fingerprint density at radius 3 is 2.76 bits per heavy atom. The number of carboxylic acid groups (broad SMARTS) is 1. The van der Waals surface area contributed by atoms with E-state index in [4.69, 9.17) is 0 Å². The Hall–Kier alpha value is -2.05. The number of aryl methyl sites for hydroxylation is 1. The summed E-state index contributed by atoms with van der Waals surface area (Å²) in [6.07, 6.45) is 5.65. The molecule has 1 aliphatic rings. The molecular weight excluding hydrogens is 272 g/mol. The maximum absolute atomic E-state index is 12.6. The zero-order valence-electron chi connectivity index (χ0n) is 12.7. The summed E-state index contributed by atoms with van der Waals surface area (Å²) in [7, 11) is 3.54. The maximum atomic E-state index is 12.6. The Morgan fingerprint density at radius 1 is 1.48 bits per heavy atom. The van der Waals surface area contributed by atoms with Gasteiger partial charge in [-0.3, -0.25) is 0 Å². The van der Waals surface area contributed by atoms with Crippen molar-refractivity contribution in [1.82, 2.24) is 19.4 Å². The minimum atomic E-state index is -1.12. The molecule has 2 amide bonds. The molecule has 7 heteroatoms. The van der Waals surface area contributed by atoms with Crippen LogP contribution in [0, 0.1) is 0 Å². The van der Waals surface area contributed by atoms with Gasteiger partial charge in [-0.25, -0.2) is 14.6 Å². The van der Waals surface area contributed by atoms with Crippen molar-refractivity contribution >= 4 is 12.0 Å². The van der Waals surface area contributed by atoms with Gasteiger partial charge in [0.1, 0.15) is 11.4 Å². The van der Waals surface area contributed by atoms with Gasteiger partial charge in [-0.1, -0.05) is 0 Å². The number of carbonyl (C=O) groups excluding carboxylic acids is 1. The number of carboxylic acids is 1. The SMILES string of the molecule is CN(Cc1nccn1C)C(=O)N1CCCCC1(C)C(=O)O. The second-order valence-electron chi connectivity index (χ2n) is 5.78. The second kappa shape index (κ2) is 5.75. The van der Waals surface area contributed by atoms with Gasteiger partial charge >= 0.3 is 12.0 Å². The van der Waals surface area contributed by atoms with E-state index >= 15 is 0 Å². The largest absolute Gasteiger partial charge is 0.480 e. The van der Waals surface area contributed by atoms with Gasteiger partial charge in [0.15, 0.2) is 0 Å². The molecule has 0 saturated carbocycles. The molecule has 0 aromatic carbocycles. The van der Waals surface area contributed by atoms with Crippen LogP contribution in [-0.4, -0.2) is 55.6 Å². The molecule has 2 rings (SSSR count). The molecular formula is C14H22N4O3. The standard InChI is InChI=1S/C14H22N4O3/c1-14(12(19)20)6-4-5-8-18(14)13(21)17(3)10-11-15-7-9-16(11)2/h7,9H,4-6,8,10H2,1-3H3,(H,19,20). The summed E-state index contributed by atoms with van der Waals surface area (Å²) in [6, 6.07) is -0.261. The number of hydrogen-bond donors (Lipinski definition) is 1. The summed E-state index contributed by atoms with van der Waals surface area (Å²) in [5.41, 5.74) is -1.12. The van der Waals surface area contributed by atoms with Gasteiger partial charge in [0.2, 0.25) is 0 Å². The molecule has 1 aromatic heterocycles. The van der Waals surface area contributed by atoms with Crippen molar-refractivity contribution < 1.29 is 14.7 Å². The normalized spacial score (nSPS) is 22.1. The number of imidazole rings is 1. The van der Waals surface area contributed by atoms with Crippen LogP contribution >= 0.6 is 0 Å². The van der Waals surface area contributed by atoms with Gasteiger partial charge < -0.3 is 19.5 Å². The van der Waals surface area contributed by atoms with E-state index in [9.17, 15) is 14.7 Å². The zero-order chi connectivity index (χ0) is 15.6. The minimum absolute atomic E-state index is 0.261. The van der Waals surface area contributed by atoms with Gasteiger partial charge in [-0.05, 0) is 26.2 Å².